The van der Waals surface area contributed by atoms with Crippen LogP contribution in [-0.4, -0.2) is 14.9 Å². The van der Waals surface area contributed by atoms with Gasteiger partial charge in [-0.2, -0.15) is 5.10 Å². The van der Waals surface area contributed by atoms with Crippen molar-refractivity contribution >= 4 is 40.3 Å². The first-order chi connectivity index (χ1) is 13.3. The molecule has 0 fully saturated rings. The van der Waals surface area contributed by atoms with Gasteiger partial charge in [0.15, 0.2) is 5.11 Å². The number of hydrogen-bond acceptors (Lipinski definition) is 2. The monoisotopic (exact) mass is 416 g/mol. The molecule has 146 valence electrons. The van der Waals surface area contributed by atoms with Crippen LogP contribution >= 0.6 is 23.8 Å². The Morgan fingerprint density at radius 2 is 1.89 bits per heavy atom. The second-order valence-corrected chi connectivity index (χ2v) is 7.62. The van der Waals surface area contributed by atoms with Crippen LogP contribution in [0.5, 0.6) is 0 Å². The third-order valence-electron chi connectivity index (χ3n) is 4.62. The summed E-state index contributed by atoms with van der Waals surface area (Å²) in [6.45, 7) is 8.13. The average Bonchev–Trinajstić information content (AvgIpc) is 2.88. The van der Waals surface area contributed by atoms with Gasteiger partial charge in [-0.3, -0.25) is 4.68 Å². The second kappa shape index (κ2) is 8.29. The Labute approximate surface area is 174 Å². The third kappa shape index (κ3) is 4.34. The zero-order valence-corrected chi connectivity index (χ0v) is 17.8. The molecule has 2 N–H and O–H groups in total. The molecule has 1 aromatic heterocycles. The van der Waals surface area contributed by atoms with E-state index >= 15 is 0 Å². The van der Waals surface area contributed by atoms with E-state index in [1.807, 2.05) is 32.9 Å². The van der Waals surface area contributed by atoms with Crippen molar-refractivity contribution in [3.05, 3.63) is 75.3 Å². The third-order valence-corrected chi connectivity index (χ3v) is 5.18. The van der Waals surface area contributed by atoms with Crippen LogP contribution in [0.15, 0.2) is 36.4 Å². The number of halogens is 2. The lowest BCUT2D eigenvalue weighted by Crippen LogP contribution is -2.20. The summed E-state index contributed by atoms with van der Waals surface area (Å²) < 4.78 is 15.8. The number of aryl methyl sites for hydroxylation is 3. The summed E-state index contributed by atoms with van der Waals surface area (Å²) in [5.41, 5.74) is 6.09. The van der Waals surface area contributed by atoms with Gasteiger partial charge in [-0.1, -0.05) is 35.4 Å². The van der Waals surface area contributed by atoms with Crippen LogP contribution in [0, 0.1) is 33.5 Å². The van der Waals surface area contributed by atoms with Gasteiger partial charge in [0.25, 0.3) is 0 Å². The molecule has 0 aliphatic carbocycles. The first kappa shape index (κ1) is 20.3. The molecule has 0 atom stereocenters. The standard InChI is InChI=1S/C21H22ClFN4S/c1-12-8-9-19(13(2)10-12)24-21(28)25-20-14(3)26-27(15(20)4)11-16-17(22)6-5-7-18(16)23/h5-10H,11H2,1-4H3,(H2,24,25,28). The summed E-state index contributed by atoms with van der Waals surface area (Å²) in [4.78, 5) is 0. The maximum Gasteiger partial charge on any atom is 0.175 e. The number of hydrogen-bond donors (Lipinski definition) is 2. The zero-order chi connectivity index (χ0) is 20.4. The van der Waals surface area contributed by atoms with Crippen molar-refractivity contribution in [2.75, 3.05) is 10.6 Å². The SMILES string of the molecule is Cc1ccc(NC(=S)Nc2c(C)nn(Cc3c(F)cccc3Cl)c2C)c(C)c1. The molecule has 1 heterocycles. The Bertz CT molecular complexity index is 1020. The van der Waals surface area contributed by atoms with Gasteiger partial charge >= 0.3 is 0 Å². The highest BCUT2D eigenvalue weighted by Crippen LogP contribution is 2.25. The molecule has 0 bridgehead atoms. The van der Waals surface area contributed by atoms with Crippen LogP contribution < -0.4 is 10.6 Å². The van der Waals surface area contributed by atoms with Crippen molar-refractivity contribution in [1.82, 2.24) is 9.78 Å². The minimum Gasteiger partial charge on any atom is -0.332 e. The molecule has 7 heteroatoms. The van der Waals surface area contributed by atoms with Crippen LogP contribution in [0.1, 0.15) is 28.1 Å². The van der Waals surface area contributed by atoms with Crippen LogP contribution in [0.2, 0.25) is 5.02 Å². The van der Waals surface area contributed by atoms with Crippen molar-refractivity contribution in [2.45, 2.75) is 34.2 Å². The van der Waals surface area contributed by atoms with Crippen molar-refractivity contribution in [2.24, 2.45) is 0 Å². The first-order valence-corrected chi connectivity index (χ1v) is 9.67. The van der Waals surface area contributed by atoms with Gasteiger partial charge in [0.2, 0.25) is 0 Å². The molecule has 0 aliphatic heterocycles. The van der Waals surface area contributed by atoms with Gasteiger partial charge < -0.3 is 10.6 Å². The normalized spacial score (nSPS) is 10.8. The molecule has 0 aliphatic rings. The molecule has 0 amide bonds. The Morgan fingerprint density at radius 3 is 2.57 bits per heavy atom. The van der Waals surface area contributed by atoms with Gasteiger partial charge in [0.05, 0.1) is 23.6 Å². The number of aromatic nitrogens is 2. The largest absolute Gasteiger partial charge is 0.332 e. The predicted molar refractivity (Wildman–Crippen MR) is 118 cm³/mol. The Morgan fingerprint density at radius 1 is 1.14 bits per heavy atom. The quantitative estimate of drug-likeness (QED) is 0.530. The van der Waals surface area contributed by atoms with E-state index in [1.54, 1.807) is 16.8 Å². The van der Waals surface area contributed by atoms with E-state index in [0.29, 0.717) is 15.7 Å². The predicted octanol–water partition coefficient (Wildman–Crippen LogP) is 5.77. The number of anilines is 2. The maximum absolute atomic E-state index is 14.1. The number of thiocarbonyl (C=S) groups is 1. The molecule has 0 saturated heterocycles. The molecule has 0 saturated carbocycles. The lowest BCUT2D eigenvalue weighted by atomic mass is 10.1. The van der Waals surface area contributed by atoms with Crippen molar-refractivity contribution in [3.8, 4) is 0 Å². The highest BCUT2D eigenvalue weighted by atomic mass is 35.5. The van der Waals surface area contributed by atoms with Crippen LogP contribution in [0.3, 0.4) is 0 Å². The fourth-order valence-corrected chi connectivity index (χ4v) is 3.52. The van der Waals surface area contributed by atoms with E-state index < -0.39 is 0 Å². The number of nitrogens with zero attached hydrogens (tertiary/aromatic N) is 2. The Kier molecular flexibility index (Phi) is 6.01. The molecule has 0 radical (unpaired) electrons. The lowest BCUT2D eigenvalue weighted by Gasteiger charge is -2.13. The Hall–Kier alpha value is -2.44. The minimum absolute atomic E-state index is 0.247. The summed E-state index contributed by atoms with van der Waals surface area (Å²) >= 11 is 11.6. The van der Waals surface area contributed by atoms with Crippen LogP contribution in [0.4, 0.5) is 15.8 Å². The second-order valence-electron chi connectivity index (χ2n) is 6.80. The van der Waals surface area contributed by atoms with Crippen molar-refractivity contribution < 1.29 is 4.39 Å². The lowest BCUT2D eigenvalue weighted by molar-refractivity contribution is 0.579. The molecule has 0 unspecified atom stereocenters. The Balaban J connectivity index is 1.79. The van der Waals surface area contributed by atoms with Crippen LogP contribution in [-0.2, 0) is 6.54 Å². The highest BCUT2D eigenvalue weighted by Gasteiger charge is 2.16. The van der Waals surface area contributed by atoms with E-state index in [4.69, 9.17) is 23.8 Å². The number of nitrogens with one attached hydrogen (secondary N) is 2. The first-order valence-electron chi connectivity index (χ1n) is 8.88. The van der Waals surface area contributed by atoms with Crippen molar-refractivity contribution in [1.29, 1.82) is 0 Å². The minimum atomic E-state index is -0.346. The molecule has 3 aromatic rings. The van der Waals surface area contributed by atoms with E-state index in [0.717, 1.165) is 28.3 Å². The molecular weight excluding hydrogens is 395 g/mol. The average molecular weight is 417 g/mol. The van der Waals surface area contributed by atoms with Gasteiger partial charge in [-0.15, -0.1) is 0 Å². The highest BCUT2D eigenvalue weighted by molar-refractivity contribution is 7.80. The molecular formula is C21H22ClFN4S. The van der Waals surface area contributed by atoms with E-state index in [9.17, 15) is 4.39 Å². The van der Waals surface area contributed by atoms with Gasteiger partial charge in [-0.05, 0) is 63.7 Å². The van der Waals surface area contributed by atoms with Gasteiger partial charge in [-0.25, -0.2) is 4.39 Å². The van der Waals surface area contributed by atoms with E-state index in [-0.39, 0.29) is 12.4 Å². The van der Waals surface area contributed by atoms with E-state index in [1.165, 1.54) is 11.6 Å². The summed E-state index contributed by atoms with van der Waals surface area (Å²) in [7, 11) is 0. The summed E-state index contributed by atoms with van der Waals surface area (Å²) in [6.07, 6.45) is 0. The molecule has 2 aromatic carbocycles. The van der Waals surface area contributed by atoms with Crippen molar-refractivity contribution in [3.63, 3.8) is 0 Å². The van der Waals surface area contributed by atoms with Gasteiger partial charge in [0.1, 0.15) is 5.82 Å². The fraction of sp³-hybridized carbons (Fsp3) is 0.238. The summed E-state index contributed by atoms with van der Waals surface area (Å²) in [5.74, 6) is -0.346. The number of benzene rings is 2. The molecule has 3 rings (SSSR count). The molecule has 4 nitrogen and oxygen atoms in total. The number of rotatable bonds is 4. The van der Waals surface area contributed by atoms with E-state index in [2.05, 4.69) is 28.7 Å². The van der Waals surface area contributed by atoms with Gasteiger partial charge in [0, 0.05) is 16.3 Å². The summed E-state index contributed by atoms with van der Waals surface area (Å²) in [6, 6.07) is 10.8. The zero-order valence-electron chi connectivity index (χ0n) is 16.2. The smallest absolute Gasteiger partial charge is 0.175 e. The molecule has 0 spiro atoms. The molecule has 28 heavy (non-hydrogen) atoms. The van der Waals surface area contributed by atoms with Crippen LogP contribution in [0.25, 0.3) is 0 Å². The fourth-order valence-electron chi connectivity index (χ4n) is 3.09. The topological polar surface area (TPSA) is 41.9 Å². The summed E-state index contributed by atoms with van der Waals surface area (Å²) in [5, 5.41) is 11.8. The maximum atomic E-state index is 14.1.